The molecule has 178 valence electrons. The molecular formula is C22H18F3N3O5S. The Balaban J connectivity index is 1.58. The maximum Gasteiger partial charge on any atom is 0.573 e. The topological polar surface area (TPSA) is 103 Å². The predicted molar refractivity (Wildman–Crippen MR) is 116 cm³/mol. The number of hydrogen-bond acceptors (Lipinski definition) is 6. The number of benzene rings is 2. The molecule has 0 bridgehead atoms. The highest BCUT2D eigenvalue weighted by molar-refractivity contribution is 7.92. The van der Waals surface area contributed by atoms with Crippen molar-refractivity contribution in [2.75, 3.05) is 11.1 Å². The van der Waals surface area contributed by atoms with Crippen LogP contribution in [0.2, 0.25) is 0 Å². The Bertz CT molecular complexity index is 1440. The number of alkyl halides is 3. The average Bonchev–Trinajstić information content (AvgIpc) is 3.32. The zero-order chi connectivity index (χ0) is 24.5. The Hall–Kier alpha value is -3.80. The Kier molecular flexibility index (Phi) is 6.09. The van der Waals surface area contributed by atoms with Gasteiger partial charge in [-0.25, -0.2) is 8.42 Å². The summed E-state index contributed by atoms with van der Waals surface area (Å²) in [5.74, 6) is -1.37. The number of aromatic nitrogens is 2. The van der Waals surface area contributed by atoms with Gasteiger partial charge in [0.25, 0.3) is 0 Å². The monoisotopic (exact) mass is 493 g/mol. The van der Waals surface area contributed by atoms with Crippen LogP contribution in [0.5, 0.6) is 5.75 Å². The molecule has 34 heavy (non-hydrogen) atoms. The molecule has 0 atom stereocenters. The SMILES string of the molecule is Cc1cc(NC(=O)CS(=O)(=O)c2cn(Cc3ccc(OC(F)(F)F)cc3)c3ccccc23)no1. The Labute approximate surface area is 191 Å². The lowest BCUT2D eigenvalue weighted by Gasteiger charge is -2.10. The van der Waals surface area contributed by atoms with Crippen molar-refractivity contribution in [1.29, 1.82) is 0 Å². The molecule has 4 rings (SSSR count). The van der Waals surface area contributed by atoms with Gasteiger partial charge in [-0.05, 0) is 30.7 Å². The minimum absolute atomic E-state index is 0.0355. The van der Waals surface area contributed by atoms with Crippen molar-refractivity contribution in [2.45, 2.75) is 24.7 Å². The van der Waals surface area contributed by atoms with Crippen LogP contribution in [0.4, 0.5) is 19.0 Å². The summed E-state index contributed by atoms with van der Waals surface area (Å²) in [6.07, 6.45) is -3.38. The van der Waals surface area contributed by atoms with Crippen LogP contribution in [0, 0.1) is 6.92 Å². The summed E-state index contributed by atoms with van der Waals surface area (Å²) in [5, 5.41) is 6.41. The zero-order valence-corrected chi connectivity index (χ0v) is 18.5. The van der Waals surface area contributed by atoms with Gasteiger partial charge in [0.05, 0.1) is 4.90 Å². The molecule has 0 unspecified atom stereocenters. The largest absolute Gasteiger partial charge is 0.573 e. The molecular weight excluding hydrogens is 475 g/mol. The molecule has 0 saturated heterocycles. The summed E-state index contributed by atoms with van der Waals surface area (Å²) in [6, 6.07) is 13.5. The van der Waals surface area contributed by atoms with Crippen molar-refractivity contribution in [3.8, 4) is 5.75 Å². The lowest BCUT2D eigenvalue weighted by Crippen LogP contribution is -2.23. The molecule has 0 fully saturated rings. The van der Waals surface area contributed by atoms with Gasteiger partial charge in [-0.15, -0.1) is 13.2 Å². The maximum atomic E-state index is 13.1. The Morgan fingerprint density at radius 1 is 1.15 bits per heavy atom. The molecule has 0 saturated carbocycles. The second-order valence-corrected chi connectivity index (χ2v) is 9.42. The number of hydrogen-bond donors (Lipinski definition) is 1. The van der Waals surface area contributed by atoms with Gasteiger partial charge in [0.1, 0.15) is 17.3 Å². The number of para-hydroxylation sites is 1. The number of sulfone groups is 1. The highest BCUT2D eigenvalue weighted by Gasteiger charge is 2.31. The first kappa shape index (κ1) is 23.4. The van der Waals surface area contributed by atoms with Gasteiger partial charge < -0.3 is 19.1 Å². The van der Waals surface area contributed by atoms with E-state index in [9.17, 15) is 26.4 Å². The number of carbonyl (C=O) groups excluding carboxylic acids is 1. The Morgan fingerprint density at radius 3 is 2.50 bits per heavy atom. The molecule has 4 aromatic rings. The third-order valence-corrected chi connectivity index (χ3v) is 6.45. The Morgan fingerprint density at radius 2 is 1.85 bits per heavy atom. The molecule has 0 aliphatic heterocycles. The van der Waals surface area contributed by atoms with Crippen molar-refractivity contribution >= 4 is 32.5 Å². The lowest BCUT2D eigenvalue weighted by molar-refractivity contribution is -0.274. The van der Waals surface area contributed by atoms with Crippen LogP contribution in [0.25, 0.3) is 10.9 Å². The number of anilines is 1. The standard InChI is InChI=1S/C22H18F3N3O5S/c1-14-10-20(27-33-14)26-21(29)13-34(30,31)19-12-28(18-5-3-2-4-17(18)19)11-15-6-8-16(9-7-15)32-22(23,24)25/h2-10,12H,11,13H2,1H3,(H,26,27,29). The van der Waals surface area contributed by atoms with Crippen molar-refractivity contribution in [1.82, 2.24) is 9.72 Å². The molecule has 0 spiro atoms. The van der Waals surface area contributed by atoms with Crippen molar-refractivity contribution in [2.24, 2.45) is 0 Å². The first-order chi connectivity index (χ1) is 16.0. The molecule has 8 nitrogen and oxygen atoms in total. The van der Waals surface area contributed by atoms with E-state index in [0.717, 1.165) is 0 Å². The third-order valence-electron chi connectivity index (χ3n) is 4.81. The molecule has 0 aliphatic rings. The van der Waals surface area contributed by atoms with Gasteiger partial charge in [-0.2, -0.15) is 0 Å². The number of nitrogens with zero attached hydrogens (tertiary/aromatic N) is 2. The van der Waals surface area contributed by atoms with Gasteiger partial charge in [-0.3, -0.25) is 4.79 Å². The minimum Gasteiger partial charge on any atom is -0.406 e. The van der Waals surface area contributed by atoms with E-state index in [0.29, 0.717) is 22.2 Å². The van der Waals surface area contributed by atoms with E-state index >= 15 is 0 Å². The molecule has 0 radical (unpaired) electrons. The van der Waals surface area contributed by atoms with Crippen LogP contribution in [0.1, 0.15) is 11.3 Å². The quantitative estimate of drug-likeness (QED) is 0.412. The van der Waals surface area contributed by atoms with Crippen molar-refractivity contribution in [3.05, 3.63) is 72.1 Å². The number of ether oxygens (including phenoxy) is 1. The van der Waals surface area contributed by atoms with Gasteiger partial charge in [0, 0.05) is 29.7 Å². The molecule has 1 amide bonds. The van der Waals surface area contributed by atoms with Crippen LogP contribution < -0.4 is 10.1 Å². The van der Waals surface area contributed by atoms with Crippen LogP contribution in [0.3, 0.4) is 0 Å². The predicted octanol–water partition coefficient (Wildman–Crippen LogP) is 4.30. The van der Waals surface area contributed by atoms with Crippen LogP contribution in [-0.4, -0.2) is 36.2 Å². The highest BCUT2D eigenvalue weighted by atomic mass is 32.2. The first-order valence-corrected chi connectivity index (χ1v) is 11.5. The van der Waals surface area contributed by atoms with E-state index in [1.807, 2.05) is 0 Å². The van der Waals surface area contributed by atoms with E-state index in [4.69, 9.17) is 4.52 Å². The molecule has 1 N–H and O–H groups in total. The van der Waals surface area contributed by atoms with Crippen molar-refractivity contribution < 1.29 is 35.6 Å². The number of rotatable bonds is 7. The smallest absolute Gasteiger partial charge is 0.406 e. The number of carbonyl (C=O) groups is 1. The average molecular weight is 493 g/mol. The maximum absolute atomic E-state index is 13.1. The summed E-state index contributed by atoms with van der Waals surface area (Å²) >= 11 is 0. The van der Waals surface area contributed by atoms with Crippen LogP contribution >= 0.6 is 0 Å². The number of fused-ring (bicyclic) bond motifs is 1. The molecule has 12 heteroatoms. The summed E-state index contributed by atoms with van der Waals surface area (Å²) in [7, 11) is -4.03. The van der Waals surface area contributed by atoms with Crippen LogP contribution in [-0.2, 0) is 21.2 Å². The number of halogens is 3. The summed E-state index contributed by atoms with van der Waals surface area (Å²) < 4.78 is 73.6. The highest BCUT2D eigenvalue weighted by Crippen LogP contribution is 2.28. The lowest BCUT2D eigenvalue weighted by atomic mass is 10.2. The molecule has 0 aliphatic carbocycles. The number of amides is 1. The fourth-order valence-corrected chi connectivity index (χ4v) is 4.81. The molecule has 2 aromatic carbocycles. The number of nitrogens with one attached hydrogen (secondary N) is 1. The molecule has 2 heterocycles. The normalized spacial score (nSPS) is 12.1. The third kappa shape index (κ3) is 5.39. The van der Waals surface area contributed by atoms with E-state index in [1.54, 1.807) is 35.8 Å². The van der Waals surface area contributed by atoms with Gasteiger partial charge >= 0.3 is 6.36 Å². The van der Waals surface area contributed by atoms with Gasteiger partial charge in [0.2, 0.25) is 5.91 Å². The van der Waals surface area contributed by atoms with E-state index in [1.165, 1.54) is 36.5 Å². The fraction of sp³-hybridized carbons (Fsp3) is 0.182. The molecule has 2 aromatic heterocycles. The summed E-state index contributed by atoms with van der Waals surface area (Å²) in [6.45, 7) is 1.82. The summed E-state index contributed by atoms with van der Waals surface area (Å²) in [5.41, 5.74) is 1.21. The van der Waals surface area contributed by atoms with Crippen LogP contribution in [0.15, 0.2) is 70.2 Å². The second kappa shape index (κ2) is 8.86. The first-order valence-electron chi connectivity index (χ1n) is 9.89. The van der Waals surface area contributed by atoms with E-state index < -0.39 is 27.9 Å². The van der Waals surface area contributed by atoms with Crippen molar-refractivity contribution in [3.63, 3.8) is 0 Å². The van der Waals surface area contributed by atoms with Gasteiger partial charge in [-0.1, -0.05) is 35.5 Å². The zero-order valence-electron chi connectivity index (χ0n) is 17.7. The fourth-order valence-electron chi connectivity index (χ4n) is 3.44. The number of aryl methyl sites for hydroxylation is 1. The van der Waals surface area contributed by atoms with E-state index in [2.05, 4.69) is 15.2 Å². The summed E-state index contributed by atoms with van der Waals surface area (Å²) in [4.78, 5) is 12.3. The van der Waals surface area contributed by atoms with Gasteiger partial charge in [0.15, 0.2) is 15.7 Å². The second-order valence-electron chi connectivity index (χ2n) is 7.46. The minimum atomic E-state index is -4.79. The van der Waals surface area contributed by atoms with E-state index in [-0.39, 0.29) is 23.0 Å².